The summed E-state index contributed by atoms with van der Waals surface area (Å²) in [6, 6.07) is 0. The van der Waals surface area contributed by atoms with Crippen molar-refractivity contribution in [2.75, 3.05) is 0 Å². The normalized spacial score (nSPS) is 12.8. The van der Waals surface area contributed by atoms with Gasteiger partial charge in [-0.1, -0.05) is 18.7 Å². The lowest BCUT2D eigenvalue weighted by Gasteiger charge is -2.08. The summed E-state index contributed by atoms with van der Waals surface area (Å²) in [6.45, 7) is 1.83. The molecule has 6 nitrogen and oxygen atoms in total. The number of carbonyl (C=O) groups is 1. The van der Waals surface area contributed by atoms with Crippen molar-refractivity contribution in [3.63, 3.8) is 0 Å². The minimum Gasteiger partial charge on any atom is -0.480 e. The summed E-state index contributed by atoms with van der Waals surface area (Å²) < 4.78 is 0. The van der Waals surface area contributed by atoms with Gasteiger partial charge in [-0.2, -0.15) is 0 Å². The molecular weight excluding hydrogens is 228 g/mol. The minimum absolute atomic E-state index is 0.499. The van der Waals surface area contributed by atoms with E-state index in [0.717, 1.165) is 0 Å². The summed E-state index contributed by atoms with van der Waals surface area (Å²) >= 11 is 1.21. The molecule has 0 amide bonds. The van der Waals surface area contributed by atoms with Gasteiger partial charge in [-0.25, -0.2) is 15.0 Å². The molecule has 2 N–H and O–H groups in total. The van der Waals surface area contributed by atoms with Crippen LogP contribution < -0.4 is 0 Å². The quantitative estimate of drug-likeness (QED) is 0.616. The summed E-state index contributed by atoms with van der Waals surface area (Å²) in [4.78, 5) is 25.8. The zero-order valence-electron chi connectivity index (χ0n) is 8.54. The van der Waals surface area contributed by atoms with Gasteiger partial charge in [-0.15, -0.1) is 0 Å². The maximum absolute atomic E-state index is 10.9. The van der Waals surface area contributed by atoms with Crippen LogP contribution in [0.15, 0.2) is 17.7 Å². The molecule has 0 aromatic carbocycles. The fourth-order valence-electron chi connectivity index (χ4n) is 1.28. The number of aliphatic carboxylic acids is 1. The van der Waals surface area contributed by atoms with Crippen LogP contribution in [-0.4, -0.2) is 36.3 Å². The molecule has 0 radical (unpaired) electrons. The molecule has 0 bridgehead atoms. The van der Waals surface area contributed by atoms with E-state index in [2.05, 4.69) is 19.9 Å². The number of aromatic nitrogens is 4. The Labute approximate surface area is 95.5 Å². The zero-order valence-corrected chi connectivity index (χ0v) is 9.36. The smallest absolute Gasteiger partial charge is 0.317 e. The highest BCUT2D eigenvalue weighted by Gasteiger charge is 2.19. The Hall–Kier alpha value is -1.63. The molecule has 0 aliphatic carbocycles. The lowest BCUT2D eigenvalue weighted by molar-refractivity contribution is -0.136. The van der Waals surface area contributed by atoms with E-state index in [0.29, 0.717) is 22.6 Å². The molecule has 0 spiro atoms. The van der Waals surface area contributed by atoms with E-state index in [-0.39, 0.29) is 0 Å². The average molecular weight is 238 g/mol. The molecule has 0 fully saturated rings. The van der Waals surface area contributed by atoms with Gasteiger partial charge in [0, 0.05) is 0 Å². The largest absolute Gasteiger partial charge is 0.480 e. The molecule has 16 heavy (non-hydrogen) atoms. The van der Waals surface area contributed by atoms with Crippen molar-refractivity contribution in [3.8, 4) is 0 Å². The van der Waals surface area contributed by atoms with E-state index in [1.54, 1.807) is 0 Å². The molecule has 2 aromatic heterocycles. The maximum Gasteiger partial charge on any atom is 0.317 e. The Balaban J connectivity index is 2.33. The molecule has 0 saturated heterocycles. The van der Waals surface area contributed by atoms with Gasteiger partial charge in [0.05, 0.1) is 6.33 Å². The number of fused-ring (bicyclic) bond motifs is 1. The summed E-state index contributed by atoms with van der Waals surface area (Å²) in [7, 11) is 0. The third-order valence-corrected chi connectivity index (χ3v) is 3.44. The fourth-order valence-corrected chi connectivity index (χ4v) is 2.19. The Morgan fingerprint density at radius 1 is 1.56 bits per heavy atom. The highest BCUT2D eigenvalue weighted by Crippen LogP contribution is 2.27. The second-order valence-electron chi connectivity index (χ2n) is 3.13. The Morgan fingerprint density at radius 3 is 3.06 bits per heavy atom. The monoisotopic (exact) mass is 238 g/mol. The first-order valence-electron chi connectivity index (χ1n) is 4.76. The number of H-pyrrole nitrogens is 1. The van der Waals surface area contributed by atoms with E-state index >= 15 is 0 Å². The van der Waals surface area contributed by atoms with E-state index < -0.39 is 11.2 Å². The number of thioether (sulfide) groups is 1. The van der Waals surface area contributed by atoms with Gasteiger partial charge in [0.2, 0.25) is 0 Å². The summed E-state index contributed by atoms with van der Waals surface area (Å²) in [5.74, 6) is -0.834. The number of rotatable bonds is 4. The molecule has 2 aromatic rings. The molecule has 2 heterocycles. The Bertz CT molecular complexity index is 513. The van der Waals surface area contributed by atoms with Crippen molar-refractivity contribution in [3.05, 3.63) is 12.7 Å². The molecule has 0 saturated carbocycles. The van der Waals surface area contributed by atoms with Crippen molar-refractivity contribution >= 4 is 28.9 Å². The van der Waals surface area contributed by atoms with Crippen molar-refractivity contribution in [1.29, 1.82) is 0 Å². The first-order chi connectivity index (χ1) is 7.72. The Kier molecular flexibility index (Phi) is 3.04. The third-order valence-electron chi connectivity index (χ3n) is 2.09. The molecule has 2 rings (SSSR count). The van der Waals surface area contributed by atoms with Crippen LogP contribution in [0.25, 0.3) is 11.2 Å². The molecule has 0 aliphatic heterocycles. The van der Waals surface area contributed by atoms with Gasteiger partial charge >= 0.3 is 5.97 Å². The number of imidazole rings is 1. The zero-order chi connectivity index (χ0) is 11.5. The highest BCUT2D eigenvalue weighted by molar-refractivity contribution is 8.00. The SMILES string of the molecule is CCC(Sc1ncnc2nc[nH]c12)C(=O)O. The fraction of sp³-hybridized carbons (Fsp3) is 0.333. The van der Waals surface area contributed by atoms with E-state index in [4.69, 9.17) is 5.11 Å². The molecule has 1 atom stereocenters. The van der Waals surface area contributed by atoms with E-state index in [1.165, 1.54) is 24.4 Å². The molecular formula is C9H10N4O2S. The highest BCUT2D eigenvalue weighted by atomic mass is 32.2. The van der Waals surface area contributed by atoms with Gasteiger partial charge < -0.3 is 10.1 Å². The number of nitrogens with zero attached hydrogens (tertiary/aromatic N) is 3. The van der Waals surface area contributed by atoms with Crippen LogP contribution in [0.4, 0.5) is 0 Å². The van der Waals surface area contributed by atoms with Crippen molar-refractivity contribution in [2.45, 2.75) is 23.6 Å². The van der Waals surface area contributed by atoms with E-state index in [1.807, 2.05) is 6.92 Å². The first kappa shape index (κ1) is 10.9. The average Bonchev–Trinajstić information content (AvgIpc) is 2.73. The topological polar surface area (TPSA) is 91.8 Å². The molecule has 0 aliphatic rings. The number of carboxylic acids is 1. The van der Waals surface area contributed by atoms with Crippen molar-refractivity contribution < 1.29 is 9.90 Å². The van der Waals surface area contributed by atoms with Crippen LogP contribution in [0.1, 0.15) is 13.3 Å². The standard InChI is InChI=1S/C9H10N4O2S/c1-2-5(9(14)15)16-8-6-7(11-3-10-6)12-4-13-8/h3-5H,2H2,1H3,(H,14,15)(H,10,11,12,13). The predicted octanol–water partition coefficient (Wildman–Crippen LogP) is 1.31. The lowest BCUT2D eigenvalue weighted by atomic mass is 10.3. The van der Waals surface area contributed by atoms with Crippen LogP contribution in [0, 0.1) is 0 Å². The van der Waals surface area contributed by atoms with Gasteiger partial charge in [0.25, 0.3) is 0 Å². The third kappa shape index (κ3) is 1.99. The van der Waals surface area contributed by atoms with Crippen LogP contribution in [0.3, 0.4) is 0 Å². The van der Waals surface area contributed by atoms with Crippen molar-refractivity contribution in [1.82, 2.24) is 19.9 Å². The summed E-state index contributed by atoms with van der Waals surface area (Å²) in [5, 5.41) is 9.09. The maximum atomic E-state index is 10.9. The Morgan fingerprint density at radius 2 is 2.38 bits per heavy atom. The van der Waals surface area contributed by atoms with Crippen LogP contribution in [0.2, 0.25) is 0 Å². The van der Waals surface area contributed by atoms with Gasteiger partial charge in [-0.05, 0) is 6.42 Å². The minimum atomic E-state index is -0.834. The van der Waals surface area contributed by atoms with E-state index in [9.17, 15) is 4.79 Å². The van der Waals surface area contributed by atoms with Crippen LogP contribution in [-0.2, 0) is 4.79 Å². The number of hydrogen-bond acceptors (Lipinski definition) is 5. The predicted molar refractivity (Wildman–Crippen MR) is 59.3 cm³/mol. The van der Waals surface area contributed by atoms with Gasteiger partial charge in [0.15, 0.2) is 5.65 Å². The summed E-state index contributed by atoms with van der Waals surface area (Å²) in [5.41, 5.74) is 1.24. The van der Waals surface area contributed by atoms with Gasteiger partial charge in [-0.3, -0.25) is 4.79 Å². The second kappa shape index (κ2) is 4.48. The molecule has 7 heteroatoms. The van der Waals surface area contributed by atoms with Crippen LogP contribution >= 0.6 is 11.8 Å². The number of hydrogen-bond donors (Lipinski definition) is 2. The number of nitrogens with one attached hydrogen (secondary N) is 1. The number of carboxylic acid groups (broad SMARTS) is 1. The van der Waals surface area contributed by atoms with Crippen molar-refractivity contribution in [2.24, 2.45) is 0 Å². The van der Waals surface area contributed by atoms with Crippen LogP contribution in [0.5, 0.6) is 0 Å². The lowest BCUT2D eigenvalue weighted by Crippen LogP contribution is -2.15. The second-order valence-corrected chi connectivity index (χ2v) is 4.32. The summed E-state index contributed by atoms with van der Waals surface area (Å²) in [6.07, 6.45) is 3.45. The number of aromatic amines is 1. The molecule has 1 unspecified atom stereocenters. The first-order valence-corrected chi connectivity index (χ1v) is 5.64. The van der Waals surface area contributed by atoms with Gasteiger partial charge in [0.1, 0.15) is 22.1 Å². The molecule has 84 valence electrons.